The van der Waals surface area contributed by atoms with E-state index >= 15 is 0 Å². The van der Waals surface area contributed by atoms with Crippen molar-refractivity contribution in [2.75, 3.05) is 0 Å². The first-order valence-corrected chi connectivity index (χ1v) is 9.37. The van der Waals surface area contributed by atoms with E-state index in [1.807, 2.05) is 6.07 Å². The predicted molar refractivity (Wildman–Crippen MR) is 100 cm³/mol. The summed E-state index contributed by atoms with van der Waals surface area (Å²) in [7, 11) is 0. The third-order valence-electron chi connectivity index (χ3n) is 4.23. The number of nitrogens with one attached hydrogen (secondary N) is 1. The monoisotopic (exact) mass is 434 g/mol. The highest BCUT2D eigenvalue weighted by molar-refractivity contribution is 9.10. The van der Waals surface area contributed by atoms with Gasteiger partial charge in [0.25, 0.3) is 5.91 Å². The molecule has 1 aliphatic carbocycles. The van der Waals surface area contributed by atoms with E-state index in [4.69, 9.17) is 21.6 Å². The fourth-order valence-corrected chi connectivity index (χ4v) is 3.41. The molecule has 1 fully saturated rings. The molecule has 1 aromatic heterocycles. The maximum atomic E-state index is 12.2. The lowest BCUT2D eigenvalue weighted by Crippen LogP contribution is -2.40. The van der Waals surface area contributed by atoms with Crippen LogP contribution in [0.2, 0.25) is 5.15 Å². The highest BCUT2D eigenvalue weighted by Crippen LogP contribution is 2.27. The number of carbonyl (C=O) groups is 1. The number of hydrogen-bond acceptors (Lipinski definition) is 5. The van der Waals surface area contributed by atoms with Crippen molar-refractivity contribution in [3.8, 4) is 11.8 Å². The minimum absolute atomic E-state index is 0.0903. The standard InChI is InChI=1S/C18H16BrClN4O2/c19-15-7-14(4-1-11(15)8-21)26-13-5-2-12(3-6-13)24-18(25)16-9-23-17(20)10-22-16/h1,4,7,9-10,12-13H,2-3,5-6H2,(H,24,25). The smallest absolute Gasteiger partial charge is 0.271 e. The van der Waals surface area contributed by atoms with Crippen molar-refractivity contribution in [1.82, 2.24) is 15.3 Å². The van der Waals surface area contributed by atoms with Crippen LogP contribution in [0.15, 0.2) is 35.1 Å². The van der Waals surface area contributed by atoms with Crippen molar-refractivity contribution in [1.29, 1.82) is 5.26 Å². The lowest BCUT2D eigenvalue weighted by molar-refractivity contribution is 0.0888. The molecule has 2 aromatic rings. The average molecular weight is 436 g/mol. The topological polar surface area (TPSA) is 87.9 Å². The largest absolute Gasteiger partial charge is 0.490 e. The number of nitrogens with zero attached hydrogens (tertiary/aromatic N) is 3. The molecule has 8 heteroatoms. The maximum absolute atomic E-state index is 12.2. The van der Waals surface area contributed by atoms with Crippen LogP contribution in [0.4, 0.5) is 0 Å². The molecule has 26 heavy (non-hydrogen) atoms. The Labute approximate surface area is 164 Å². The predicted octanol–water partition coefficient (Wildman–Crippen LogP) is 3.88. The van der Waals surface area contributed by atoms with Crippen molar-refractivity contribution in [2.24, 2.45) is 0 Å². The second-order valence-electron chi connectivity index (χ2n) is 6.04. The zero-order chi connectivity index (χ0) is 18.5. The summed E-state index contributed by atoms with van der Waals surface area (Å²) in [5.41, 5.74) is 0.837. The molecule has 0 spiro atoms. The van der Waals surface area contributed by atoms with Crippen LogP contribution in [0.25, 0.3) is 0 Å². The molecule has 0 radical (unpaired) electrons. The number of carbonyl (C=O) groups excluding carboxylic acids is 1. The number of ether oxygens (including phenoxy) is 1. The van der Waals surface area contributed by atoms with Gasteiger partial charge in [-0.25, -0.2) is 9.97 Å². The van der Waals surface area contributed by atoms with Crippen molar-refractivity contribution in [3.05, 3.63) is 51.5 Å². The molecule has 0 saturated heterocycles. The van der Waals surface area contributed by atoms with Crippen molar-refractivity contribution in [3.63, 3.8) is 0 Å². The third-order valence-corrected chi connectivity index (χ3v) is 5.08. The van der Waals surface area contributed by atoms with E-state index in [0.29, 0.717) is 5.56 Å². The molecule has 0 atom stereocenters. The fourth-order valence-electron chi connectivity index (χ4n) is 2.87. The Morgan fingerprint density at radius 1 is 1.27 bits per heavy atom. The van der Waals surface area contributed by atoms with Crippen LogP contribution in [0.3, 0.4) is 0 Å². The van der Waals surface area contributed by atoms with E-state index in [1.54, 1.807) is 12.1 Å². The molecule has 1 saturated carbocycles. The number of aromatic nitrogens is 2. The lowest BCUT2D eigenvalue weighted by Gasteiger charge is -2.29. The Morgan fingerprint density at radius 3 is 2.65 bits per heavy atom. The molecule has 0 unspecified atom stereocenters. The van der Waals surface area contributed by atoms with Gasteiger partial charge in [-0.2, -0.15) is 5.26 Å². The molecule has 1 aromatic carbocycles. The first kappa shape index (κ1) is 18.6. The van der Waals surface area contributed by atoms with E-state index in [2.05, 4.69) is 37.3 Å². The molecule has 1 amide bonds. The van der Waals surface area contributed by atoms with Crippen LogP contribution in [-0.4, -0.2) is 28.0 Å². The number of benzene rings is 1. The number of amides is 1. The zero-order valence-corrected chi connectivity index (χ0v) is 16.1. The van der Waals surface area contributed by atoms with Gasteiger partial charge < -0.3 is 10.1 Å². The second kappa shape index (κ2) is 8.47. The average Bonchev–Trinajstić information content (AvgIpc) is 2.64. The SMILES string of the molecule is N#Cc1ccc(OC2CCC(NC(=O)c3cnc(Cl)cn3)CC2)cc1Br. The minimum atomic E-state index is -0.241. The summed E-state index contributed by atoms with van der Waals surface area (Å²) in [6.45, 7) is 0. The van der Waals surface area contributed by atoms with Crippen LogP contribution >= 0.6 is 27.5 Å². The molecule has 0 aliphatic heterocycles. The normalized spacial score (nSPS) is 19.4. The van der Waals surface area contributed by atoms with Gasteiger partial charge in [0.2, 0.25) is 0 Å². The molecule has 1 N–H and O–H groups in total. The molecular weight excluding hydrogens is 420 g/mol. The summed E-state index contributed by atoms with van der Waals surface area (Å²) in [5, 5.41) is 12.2. The summed E-state index contributed by atoms with van der Waals surface area (Å²) in [4.78, 5) is 20.0. The van der Waals surface area contributed by atoms with E-state index < -0.39 is 0 Å². The highest BCUT2D eigenvalue weighted by atomic mass is 79.9. The summed E-state index contributed by atoms with van der Waals surface area (Å²) < 4.78 is 6.72. The van der Waals surface area contributed by atoms with Crippen molar-refractivity contribution >= 4 is 33.4 Å². The molecular formula is C18H16BrClN4O2. The first-order chi connectivity index (χ1) is 12.5. The Kier molecular flexibility index (Phi) is 6.07. The lowest BCUT2D eigenvalue weighted by atomic mass is 9.93. The van der Waals surface area contributed by atoms with Gasteiger partial charge in [0, 0.05) is 10.5 Å². The van der Waals surface area contributed by atoms with Gasteiger partial charge in [0.05, 0.1) is 24.1 Å². The van der Waals surface area contributed by atoms with E-state index in [-0.39, 0.29) is 28.9 Å². The molecule has 1 aliphatic rings. The molecule has 1 heterocycles. The first-order valence-electron chi connectivity index (χ1n) is 8.20. The van der Waals surface area contributed by atoms with Gasteiger partial charge in [0.15, 0.2) is 0 Å². The van der Waals surface area contributed by atoms with Crippen LogP contribution < -0.4 is 10.1 Å². The van der Waals surface area contributed by atoms with Crippen LogP contribution in [0.1, 0.15) is 41.7 Å². The summed E-state index contributed by atoms with van der Waals surface area (Å²) in [6, 6.07) is 7.55. The van der Waals surface area contributed by atoms with Crippen molar-refractivity contribution in [2.45, 2.75) is 37.8 Å². The number of rotatable bonds is 4. The summed E-state index contributed by atoms with van der Waals surface area (Å²) in [5.74, 6) is 0.495. The third kappa shape index (κ3) is 4.71. The number of hydrogen-bond donors (Lipinski definition) is 1. The van der Waals surface area contributed by atoms with Gasteiger partial charge in [-0.05, 0) is 59.8 Å². The Hall–Kier alpha value is -2.17. The Morgan fingerprint density at radius 2 is 2.04 bits per heavy atom. The minimum Gasteiger partial charge on any atom is -0.490 e. The van der Waals surface area contributed by atoms with E-state index in [9.17, 15) is 4.79 Å². The zero-order valence-electron chi connectivity index (χ0n) is 13.8. The van der Waals surface area contributed by atoms with Gasteiger partial charge >= 0.3 is 0 Å². The maximum Gasteiger partial charge on any atom is 0.271 e. The van der Waals surface area contributed by atoms with Gasteiger partial charge in [-0.15, -0.1) is 0 Å². The van der Waals surface area contributed by atoms with Gasteiger partial charge in [0.1, 0.15) is 22.7 Å². The Bertz CT molecular complexity index is 830. The number of nitriles is 1. The molecule has 0 bridgehead atoms. The van der Waals surface area contributed by atoms with Gasteiger partial charge in [-0.3, -0.25) is 4.79 Å². The molecule has 3 rings (SSSR count). The van der Waals surface area contributed by atoms with E-state index in [1.165, 1.54) is 12.4 Å². The van der Waals surface area contributed by atoms with Crippen LogP contribution in [0, 0.1) is 11.3 Å². The quantitative estimate of drug-likeness (QED) is 0.787. The molecule has 6 nitrogen and oxygen atoms in total. The fraction of sp³-hybridized carbons (Fsp3) is 0.333. The van der Waals surface area contributed by atoms with Gasteiger partial charge in [-0.1, -0.05) is 11.6 Å². The van der Waals surface area contributed by atoms with Crippen LogP contribution in [0.5, 0.6) is 5.75 Å². The summed E-state index contributed by atoms with van der Waals surface area (Å²) >= 11 is 9.05. The highest BCUT2D eigenvalue weighted by Gasteiger charge is 2.24. The number of halogens is 2. The summed E-state index contributed by atoms with van der Waals surface area (Å²) in [6.07, 6.45) is 6.16. The van der Waals surface area contributed by atoms with E-state index in [0.717, 1.165) is 35.9 Å². The van der Waals surface area contributed by atoms with Crippen LogP contribution in [-0.2, 0) is 0 Å². The Balaban J connectivity index is 1.49. The van der Waals surface area contributed by atoms with Crippen molar-refractivity contribution < 1.29 is 9.53 Å². The second-order valence-corrected chi connectivity index (χ2v) is 7.28. The molecule has 134 valence electrons.